The molecule has 0 aliphatic rings. The summed E-state index contributed by atoms with van der Waals surface area (Å²) in [4.78, 5) is 21.6. The molecule has 5 nitrogen and oxygen atoms in total. The Morgan fingerprint density at radius 1 is 1.56 bits per heavy atom. The summed E-state index contributed by atoms with van der Waals surface area (Å²) in [7, 11) is -4.64. The molecule has 0 unspecified atom stereocenters. The molecule has 0 saturated carbocycles. The quantitative estimate of drug-likeness (QED) is 0.218. The fourth-order valence-electron chi connectivity index (χ4n) is 0. The van der Waals surface area contributed by atoms with Crippen LogP contribution in [0.3, 0.4) is 0 Å². The Morgan fingerprint density at radius 2 is 1.56 bits per heavy atom. The van der Waals surface area contributed by atoms with Gasteiger partial charge in [-0.1, -0.05) is 6.92 Å². The van der Waals surface area contributed by atoms with Gasteiger partial charge in [0, 0.05) is 0 Å². The first kappa shape index (κ1) is 16.6. The van der Waals surface area contributed by atoms with E-state index in [2.05, 4.69) is 0 Å². The second-order valence-electron chi connectivity index (χ2n) is 0.922. The molecule has 54 valence electrons. The van der Waals surface area contributed by atoms with Gasteiger partial charge in [-0.05, 0) is 6.54 Å². The summed E-state index contributed by atoms with van der Waals surface area (Å²) in [5.41, 5.74) is 4.85. The first-order valence-corrected chi connectivity index (χ1v) is 3.46. The molecule has 0 aliphatic heterocycles. The van der Waals surface area contributed by atoms with Crippen LogP contribution in [0.5, 0.6) is 0 Å². The number of nitrogens with two attached hydrogens (primary N) is 1. The second-order valence-corrected chi connectivity index (χ2v) is 1.95. The van der Waals surface area contributed by atoms with Crippen molar-refractivity contribution in [3.8, 4) is 0 Å². The minimum absolute atomic E-state index is 0. The van der Waals surface area contributed by atoms with Crippen molar-refractivity contribution in [2.75, 3.05) is 6.54 Å². The van der Waals surface area contributed by atoms with Gasteiger partial charge in [-0.2, -0.15) is 0 Å². The molecule has 0 radical (unpaired) electrons. The van der Waals surface area contributed by atoms with E-state index in [4.69, 9.17) is 25.0 Å². The Balaban J connectivity index is -0.0000000326. The molecule has 0 aliphatic carbocycles. The normalized spacial score (nSPS) is 8.56. The van der Waals surface area contributed by atoms with Crippen molar-refractivity contribution in [3.05, 3.63) is 0 Å². The van der Waals surface area contributed by atoms with Crippen LogP contribution in [-0.4, -0.2) is 21.2 Å². The molecule has 0 aromatic heterocycles. The van der Waals surface area contributed by atoms with E-state index in [9.17, 15) is 0 Å². The molecule has 5 N–H and O–H groups in total. The van der Waals surface area contributed by atoms with Gasteiger partial charge >= 0.3 is 37.4 Å². The number of phosphoric acid groups is 1. The zero-order chi connectivity index (χ0) is 7.21. The summed E-state index contributed by atoms with van der Waals surface area (Å²) < 4.78 is 8.88. The fourth-order valence-corrected chi connectivity index (χ4v) is 0. The minimum atomic E-state index is -4.64. The van der Waals surface area contributed by atoms with Crippen molar-refractivity contribution < 1.29 is 50.2 Å². The Bertz CT molecular complexity index is 79.1. The van der Waals surface area contributed by atoms with Crippen LogP contribution in [-0.2, 0) is 4.57 Å². The zero-order valence-corrected chi connectivity index (χ0v) is 8.38. The van der Waals surface area contributed by atoms with E-state index in [0.29, 0.717) is 0 Å². The van der Waals surface area contributed by atoms with Gasteiger partial charge in [0.1, 0.15) is 0 Å². The number of rotatable bonds is 0. The molecule has 0 amide bonds. The van der Waals surface area contributed by atoms with Crippen LogP contribution in [0.1, 0.15) is 8.35 Å². The summed E-state index contributed by atoms with van der Waals surface area (Å²) in [6, 6.07) is 0. The van der Waals surface area contributed by atoms with Crippen molar-refractivity contribution in [3.63, 3.8) is 0 Å². The molecule has 7 heteroatoms. The van der Waals surface area contributed by atoms with Gasteiger partial charge in [0.05, 0.1) is 0 Å². The third-order valence-electron chi connectivity index (χ3n) is 0. The smallest absolute Gasteiger partial charge is 1.00 e. The van der Waals surface area contributed by atoms with Crippen LogP contribution in [0.2, 0.25) is 0 Å². The van der Waals surface area contributed by atoms with Crippen molar-refractivity contribution in [1.29, 1.82) is 0 Å². The van der Waals surface area contributed by atoms with E-state index < -0.39 is 7.82 Å². The molecule has 9 heavy (non-hydrogen) atoms. The molecule has 0 aromatic carbocycles. The molecule has 0 aromatic rings. The largest absolute Gasteiger partial charge is 1.00 e. The summed E-state index contributed by atoms with van der Waals surface area (Å²) in [6.07, 6.45) is 0. The van der Waals surface area contributed by atoms with Crippen molar-refractivity contribution in [2.45, 2.75) is 6.92 Å². The van der Waals surface area contributed by atoms with Crippen molar-refractivity contribution >= 4 is 7.82 Å². The van der Waals surface area contributed by atoms with Crippen LogP contribution in [0.25, 0.3) is 0 Å². The topological polar surface area (TPSA) is 104 Å². The van der Waals surface area contributed by atoms with Crippen LogP contribution in [0.4, 0.5) is 0 Å². The summed E-state index contributed by atoms with van der Waals surface area (Å²) in [5, 5.41) is 0. The average Bonchev–Trinajstić information content (AvgIpc) is 1.27. The van der Waals surface area contributed by atoms with Gasteiger partial charge in [0.2, 0.25) is 0 Å². The van der Waals surface area contributed by atoms with E-state index in [-0.39, 0.29) is 31.0 Å². The standard InChI is InChI=1S/C2H7N.Na.H3O4P.H/c1-2-3;;1-5(2,3)4;/h2-3H2,1H3;;(H3,1,2,3,4);/q;+1;;-1. The third kappa shape index (κ3) is 396. The number of hydrogen-bond donors (Lipinski definition) is 4. The molecule has 0 spiro atoms. The maximum Gasteiger partial charge on any atom is 1.00 e. The Kier molecular flexibility index (Phi) is 16.7. The Hall–Kier alpha value is 1.07. The molecular formula is C2H11NNaO4P. The van der Waals surface area contributed by atoms with Gasteiger partial charge in [0.25, 0.3) is 0 Å². The third-order valence-corrected chi connectivity index (χ3v) is 0. The SMILES string of the molecule is CCN.O=P(O)(O)O.[H-].[Na+]. The van der Waals surface area contributed by atoms with Crippen LogP contribution >= 0.6 is 7.82 Å². The van der Waals surface area contributed by atoms with E-state index in [1.165, 1.54) is 0 Å². The predicted molar refractivity (Wildman–Crippen MR) is 30.1 cm³/mol. The van der Waals surface area contributed by atoms with E-state index in [1.807, 2.05) is 6.92 Å². The number of hydrogen-bond acceptors (Lipinski definition) is 2. The van der Waals surface area contributed by atoms with E-state index >= 15 is 0 Å². The van der Waals surface area contributed by atoms with Crippen LogP contribution in [0.15, 0.2) is 0 Å². The van der Waals surface area contributed by atoms with Gasteiger partial charge in [-0.25, -0.2) is 4.57 Å². The van der Waals surface area contributed by atoms with Crippen LogP contribution in [0, 0.1) is 0 Å². The first-order valence-electron chi connectivity index (χ1n) is 1.90. The van der Waals surface area contributed by atoms with Crippen LogP contribution < -0.4 is 35.3 Å². The van der Waals surface area contributed by atoms with Gasteiger partial charge in [0.15, 0.2) is 0 Å². The second kappa shape index (κ2) is 9.07. The maximum atomic E-state index is 8.88. The molecule has 0 atom stereocenters. The van der Waals surface area contributed by atoms with Gasteiger partial charge < -0.3 is 21.8 Å². The summed E-state index contributed by atoms with van der Waals surface area (Å²) in [5.74, 6) is 0. The summed E-state index contributed by atoms with van der Waals surface area (Å²) >= 11 is 0. The molecule has 0 saturated heterocycles. The van der Waals surface area contributed by atoms with Gasteiger partial charge in [-0.3, -0.25) is 0 Å². The monoisotopic (exact) mass is 167 g/mol. The van der Waals surface area contributed by atoms with E-state index in [0.717, 1.165) is 6.54 Å². The molecular weight excluding hydrogens is 156 g/mol. The zero-order valence-electron chi connectivity index (χ0n) is 6.48. The summed E-state index contributed by atoms with van der Waals surface area (Å²) in [6.45, 7) is 2.65. The van der Waals surface area contributed by atoms with Gasteiger partial charge in [-0.15, -0.1) is 0 Å². The maximum absolute atomic E-state index is 8.88. The first-order chi connectivity index (χ1) is 3.41. The minimum Gasteiger partial charge on any atom is -1.00 e. The Morgan fingerprint density at radius 3 is 1.56 bits per heavy atom. The average molecular weight is 167 g/mol. The molecule has 0 fully saturated rings. The Labute approximate surface area is 77.3 Å². The predicted octanol–water partition coefficient (Wildman–Crippen LogP) is -3.85. The molecule has 0 rings (SSSR count). The van der Waals surface area contributed by atoms with E-state index in [1.54, 1.807) is 0 Å². The van der Waals surface area contributed by atoms with Crippen molar-refractivity contribution in [1.82, 2.24) is 0 Å². The van der Waals surface area contributed by atoms with Crippen molar-refractivity contribution in [2.24, 2.45) is 5.73 Å². The fraction of sp³-hybridized carbons (Fsp3) is 1.00. The molecule has 0 heterocycles. The molecule has 0 bridgehead atoms.